The fourth-order valence-corrected chi connectivity index (χ4v) is 2.43. The fourth-order valence-electron chi connectivity index (χ4n) is 2.43. The second kappa shape index (κ2) is 2.25. The molecule has 2 bridgehead atoms. The number of ether oxygens (including phenoxy) is 1. The van der Waals surface area contributed by atoms with Crippen molar-refractivity contribution in [2.45, 2.75) is 31.3 Å². The lowest BCUT2D eigenvalue weighted by molar-refractivity contribution is 0.194. The van der Waals surface area contributed by atoms with E-state index in [1.807, 2.05) is 0 Å². The lowest BCUT2D eigenvalue weighted by Crippen LogP contribution is -2.17. The van der Waals surface area contributed by atoms with Gasteiger partial charge in [-0.2, -0.15) is 0 Å². The van der Waals surface area contributed by atoms with Crippen molar-refractivity contribution < 1.29 is 4.74 Å². The summed E-state index contributed by atoms with van der Waals surface area (Å²) in [5.41, 5.74) is 1.44. The summed E-state index contributed by atoms with van der Waals surface area (Å²) in [4.78, 5) is 0. The van der Waals surface area contributed by atoms with Gasteiger partial charge in [-0.1, -0.05) is 18.2 Å². The van der Waals surface area contributed by atoms with Crippen molar-refractivity contribution in [1.82, 2.24) is 0 Å². The highest BCUT2D eigenvalue weighted by Gasteiger charge is 2.33. The van der Waals surface area contributed by atoms with Crippen LogP contribution in [0.25, 0.3) is 0 Å². The standard InChI is InChI=1S/C11H12O/c1-2-4-11-10(3-1)8-5-6-9(7-8)12-11/h1-4,8-9H,5-7H2. The monoisotopic (exact) mass is 160 g/mol. The Labute approximate surface area is 72.4 Å². The predicted octanol–water partition coefficient (Wildman–Crippen LogP) is 2.72. The van der Waals surface area contributed by atoms with Crippen molar-refractivity contribution in [3.05, 3.63) is 29.8 Å². The van der Waals surface area contributed by atoms with Crippen molar-refractivity contribution in [3.63, 3.8) is 0 Å². The average Bonchev–Trinajstić information content (AvgIpc) is 2.49. The van der Waals surface area contributed by atoms with E-state index in [1.165, 1.54) is 24.8 Å². The zero-order valence-corrected chi connectivity index (χ0v) is 6.99. The van der Waals surface area contributed by atoms with Crippen molar-refractivity contribution >= 4 is 0 Å². The summed E-state index contributed by atoms with van der Waals surface area (Å²) >= 11 is 0. The Hall–Kier alpha value is -0.980. The van der Waals surface area contributed by atoms with Gasteiger partial charge in [0.25, 0.3) is 0 Å². The van der Waals surface area contributed by atoms with E-state index in [-0.39, 0.29) is 0 Å². The molecule has 1 aromatic rings. The Balaban J connectivity index is 2.13. The Kier molecular flexibility index (Phi) is 1.23. The molecule has 62 valence electrons. The van der Waals surface area contributed by atoms with Crippen molar-refractivity contribution in [3.8, 4) is 5.75 Å². The van der Waals surface area contributed by atoms with Crippen LogP contribution >= 0.6 is 0 Å². The Bertz CT molecular complexity index is 306. The molecule has 0 N–H and O–H groups in total. The third-order valence-corrected chi connectivity index (χ3v) is 3.04. The molecule has 3 rings (SSSR count). The van der Waals surface area contributed by atoms with Crippen molar-refractivity contribution in [2.75, 3.05) is 0 Å². The smallest absolute Gasteiger partial charge is 0.123 e. The molecule has 0 amide bonds. The highest BCUT2D eigenvalue weighted by molar-refractivity contribution is 5.39. The second-order valence-electron chi connectivity index (χ2n) is 3.79. The minimum absolute atomic E-state index is 0.518. The molecule has 1 aliphatic carbocycles. The number of hydrogen-bond donors (Lipinski definition) is 0. The number of hydrogen-bond acceptors (Lipinski definition) is 1. The maximum absolute atomic E-state index is 5.82. The molecule has 12 heavy (non-hydrogen) atoms. The molecule has 1 fully saturated rings. The summed E-state index contributed by atoms with van der Waals surface area (Å²) in [6.07, 6.45) is 4.34. The normalized spacial score (nSPS) is 31.0. The molecule has 0 radical (unpaired) electrons. The van der Waals surface area contributed by atoms with Crippen LogP contribution in [0.1, 0.15) is 30.7 Å². The molecule has 1 saturated carbocycles. The topological polar surface area (TPSA) is 9.23 Å². The number of benzene rings is 1. The van der Waals surface area contributed by atoms with Gasteiger partial charge in [0.05, 0.1) is 6.10 Å². The van der Waals surface area contributed by atoms with Gasteiger partial charge in [0.15, 0.2) is 0 Å². The molecular formula is C11H12O. The van der Waals surface area contributed by atoms with E-state index in [9.17, 15) is 0 Å². The lowest BCUT2D eigenvalue weighted by Gasteiger charge is -2.23. The fraction of sp³-hybridized carbons (Fsp3) is 0.455. The summed E-state index contributed by atoms with van der Waals surface area (Å²) in [5.74, 6) is 1.93. The molecule has 1 aliphatic heterocycles. The van der Waals surface area contributed by atoms with Gasteiger partial charge in [-0.3, -0.25) is 0 Å². The molecule has 2 atom stereocenters. The third-order valence-electron chi connectivity index (χ3n) is 3.04. The van der Waals surface area contributed by atoms with E-state index >= 15 is 0 Å². The zero-order chi connectivity index (χ0) is 7.97. The van der Waals surface area contributed by atoms with Crippen molar-refractivity contribution in [1.29, 1.82) is 0 Å². The van der Waals surface area contributed by atoms with E-state index in [4.69, 9.17) is 4.74 Å². The zero-order valence-electron chi connectivity index (χ0n) is 6.99. The highest BCUT2D eigenvalue weighted by Crippen LogP contribution is 2.44. The molecule has 1 heterocycles. The molecule has 1 heteroatoms. The largest absolute Gasteiger partial charge is 0.490 e. The van der Waals surface area contributed by atoms with Gasteiger partial charge >= 0.3 is 0 Å². The first kappa shape index (κ1) is 6.53. The second-order valence-corrected chi connectivity index (χ2v) is 3.79. The van der Waals surface area contributed by atoms with Gasteiger partial charge in [-0.15, -0.1) is 0 Å². The van der Waals surface area contributed by atoms with E-state index in [1.54, 1.807) is 0 Å². The number of fused-ring (bicyclic) bond motifs is 4. The summed E-state index contributed by atoms with van der Waals surface area (Å²) < 4.78 is 5.82. The van der Waals surface area contributed by atoms with Gasteiger partial charge in [0.1, 0.15) is 5.75 Å². The Morgan fingerprint density at radius 3 is 3.08 bits per heavy atom. The van der Waals surface area contributed by atoms with Crippen LogP contribution in [0.3, 0.4) is 0 Å². The van der Waals surface area contributed by atoms with Crippen LogP contribution in [0.4, 0.5) is 0 Å². The number of para-hydroxylation sites is 1. The van der Waals surface area contributed by atoms with E-state index in [2.05, 4.69) is 24.3 Å². The predicted molar refractivity (Wildman–Crippen MR) is 47.5 cm³/mol. The van der Waals surface area contributed by atoms with Gasteiger partial charge in [0.2, 0.25) is 0 Å². The van der Waals surface area contributed by atoms with Crippen LogP contribution in [0.5, 0.6) is 5.75 Å². The summed E-state index contributed by atoms with van der Waals surface area (Å²) in [6.45, 7) is 0. The quantitative estimate of drug-likeness (QED) is 0.567. The highest BCUT2D eigenvalue weighted by atomic mass is 16.5. The van der Waals surface area contributed by atoms with E-state index in [0.29, 0.717) is 6.10 Å². The van der Waals surface area contributed by atoms with Gasteiger partial charge in [-0.05, 0) is 36.8 Å². The summed E-state index contributed by atoms with van der Waals surface area (Å²) in [5, 5.41) is 0. The van der Waals surface area contributed by atoms with Crippen molar-refractivity contribution in [2.24, 2.45) is 0 Å². The van der Waals surface area contributed by atoms with E-state index < -0.39 is 0 Å². The third kappa shape index (κ3) is 0.795. The van der Waals surface area contributed by atoms with Crippen LogP contribution in [-0.4, -0.2) is 6.10 Å². The first-order chi connectivity index (χ1) is 5.93. The minimum Gasteiger partial charge on any atom is -0.490 e. The molecule has 0 spiro atoms. The first-order valence-corrected chi connectivity index (χ1v) is 4.69. The van der Waals surface area contributed by atoms with Crippen LogP contribution in [0, 0.1) is 0 Å². The van der Waals surface area contributed by atoms with Crippen LogP contribution in [0.15, 0.2) is 24.3 Å². The van der Waals surface area contributed by atoms with Crippen LogP contribution < -0.4 is 4.74 Å². The minimum atomic E-state index is 0.518. The SMILES string of the molecule is c1ccc2c(c1)OC1CCC2C1. The molecular weight excluding hydrogens is 148 g/mol. The first-order valence-electron chi connectivity index (χ1n) is 4.69. The Morgan fingerprint density at radius 1 is 1.17 bits per heavy atom. The van der Waals surface area contributed by atoms with Gasteiger partial charge < -0.3 is 4.74 Å². The van der Waals surface area contributed by atoms with Crippen LogP contribution in [-0.2, 0) is 0 Å². The van der Waals surface area contributed by atoms with Crippen LogP contribution in [0.2, 0.25) is 0 Å². The number of rotatable bonds is 0. The summed E-state index contributed by atoms with van der Waals surface area (Å²) in [7, 11) is 0. The average molecular weight is 160 g/mol. The Morgan fingerprint density at radius 2 is 2.08 bits per heavy atom. The van der Waals surface area contributed by atoms with E-state index in [0.717, 1.165) is 11.7 Å². The molecule has 0 saturated heterocycles. The molecule has 1 aromatic carbocycles. The molecule has 1 nitrogen and oxygen atoms in total. The maximum Gasteiger partial charge on any atom is 0.123 e. The van der Waals surface area contributed by atoms with Gasteiger partial charge in [-0.25, -0.2) is 0 Å². The maximum atomic E-state index is 5.82. The molecule has 2 unspecified atom stereocenters. The molecule has 2 aliphatic rings. The summed E-state index contributed by atoms with van der Waals surface area (Å²) in [6, 6.07) is 8.48. The van der Waals surface area contributed by atoms with Gasteiger partial charge in [0, 0.05) is 0 Å². The molecule has 0 aromatic heterocycles. The lowest BCUT2D eigenvalue weighted by atomic mass is 9.95.